The van der Waals surface area contributed by atoms with Gasteiger partial charge in [-0.15, -0.1) is 10.2 Å². The lowest BCUT2D eigenvalue weighted by atomic mass is 10.1. The number of nitrogens with zero attached hydrogens (tertiary/aromatic N) is 4. The number of methoxy groups -OCH3 is 1. The molecule has 0 atom stereocenters. The molecule has 0 bridgehead atoms. The van der Waals surface area contributed by atoms with Crippen molar-refractivity contribution in [2.75, 3.05) is 7.11 Å². The number of carbonyl (C=O) groups is 1. The van der Waals surface area contributed by atoms with Gasteiger partial charge in [0.25, 0.3) is 0 Å². The minimum absolute atomic E-state index is 0.268. The molecule has 0 aliphatic rings. The average Bonchev–Trinajstić information content (AvgIpc) is 2.84. The van der Waals surface area contributed by atoms with Gasteiger partial charge >= 0.3 is 5.97 Å². The van der Waals surface area contributed by atoms with E-state index in [-0.39, 0.29) is 6.54 Å². The summed E-state index contributed by atoms with van der Waals surface area (Å²) >= 11 is 0. The topological polar surface area (TPSA) is 90.1 Å². The quantitative estimate of drug-likeness (QED) is 0.817. The summed E-state index contributed by atoms with van der Waals surface area (Å²) in [6.07, 6.45) is 1.38. The van der Waals surface area contributed by atoms with Gasteiger partial charge in [-0.05, 0) is 29.3 Å². The van der Waals surface area contributed by atoms with Crippen LogP contribution in [-0.2, 0) is 24.2 Å². The van der Waals surface area contributed by atoms with Crippen molar-refractivity contribution in [3.63, 3.8) is 0 Å². The third-order valence-electron chi connectivity index (χ3n) is 2.57. The number of aryl methyl sites for hydroxylation is 2. The van der Waals surface area contributed by atoms with E-state index in [1.165, 1.54) is 0 Å². The van der Waals surface area contributed by atoms with Crippen LogP contribution in [0.3, 0.4) is 0 Å². The van der Waals surface area contributed by atoms with Crippen molar-refractivity contribution in [1.82, 2.24) is 20.2 Å². The zero-order chi connectivity index (χ0) is 13.7. The first-order valence-electron chi connectivity index (χ1n) is 5.79. The van der Waals surface area contributed by atoms with Gasteiger partial charge in [-0.3, -0.25) is 4.79 Å². The van der Waals surface area contributed by atoms with Crippen LogP contribution in [0.25, 0.3) is 0 Å². The van der Waals surface area contributed by atoms with Crippen LogP contribution in [0, 0.1) is 0 Å². The zero-order valence-corrected chi connectivity index (χ0v) is 10.5. The third kappa shape index (κ3) is 3.77. The van der Waals surface area contributed by atoms with Gasteiger partial charge in [0.05, 0.1) is 7.11 Å². The van der Waals surface area contributed by atoms with Crippen molar-refractivity contribution in [3.05, 3.63) is 35.7 Å². The second-order valence-electron chi connectivity index (χ2n) is 3.98. The normalized spacial score (nSPS) is 10.4. The summed E-state index contributed by atoms with van der Waals surface area (Å²) < 4.78 is 5.08. The minimum Gasteiger partial charge on any atom is -0.497 e. The van der Waals surface area contributed by atoms with E-state index in [4.69, 9.17) is 9.84 Å². The molecule has 100 valence electrons. The fourth-order valence-corrected chi connectivity index (χ4v) is 1.61. The Balaban J connectivity index is 1.90. The Labute approximate surface area is 109 Å². The molecule has 0 saturated heterocycles. The van der Waals surface area contributed by atoms with E-state index in [1.807, 2.05) is 24.3 Å². The SMILES string of the molecule is COc1ccc(CCc2nnn(CC(=O)O)n2)cc1. The van der Waals surface area contributed by atoms with Crippen LogP contribution in [0.2, 0.25) is 0 Å². The van der Waals surface area contributed by atoms with E-state index in [9.17, 15) is 4.79 Å². The Morgan fingerprint density at radius 2 is 2.05 bits per heavy atom. The molecule has 0 fully saturated rings. The van der Waals surface area contributed by atoms with E-state index in [0.29, 0.717) is 12.2 Å². The summed E-state index contributed by atoms with van der Waals surface area (Å²) in [5.74, 6) is 0.366. The summed E-state index contributed by atoms with van der Waals surface area (Å²) in [4.78, 5) is 11.6. The molecule has 2 rings (SSSR count). The Bertz CT molecular complexity index is 550. The van der Waals surface area contributed by atoms with Crippen LogP contribution >= 0.6 is 0 Å². The first-order valence-corrected chi connectivity index (χ1v) is 5.79. The summed E-state index contributed by atoms with van der Waals surface area (Å²) in [6.45, 7) is -0.268. The molecule has 0 unspecified atom stereocenters. The lowest BCUT2D eigenvalue weighted by Gasteiger charge is -2.01. The monoisotopic (exact) mass is 262 g/mol. The van der Waals surface area contributed by atoms with Crippen molar-refractivity contribution in [1.29, 1.82) is 0 Å². The molecule has 0 spiro atoms. The van der Waals surface area contributed by atoms with Gasteiger partial charge in [0.1, 0.15) is 5.75 Å². The van der Waals surface area contributed by atoms with Gasteiger partial charge in [0.2, 0.25) is 0 Å². The highest BCUT2D eigenvalue weighted by atomic mass is 16.5. The molecule has 0 saturated carbocycles. The van der Waals surface area contributed by atoms with Gasteiger partial charge in [-0.25, -0.2) is 0 Å². The van der Waals surface area contributed by atoms with Crippen LogP contribution in [0.15, 0.2) is 24.3 Å². The number of aliphatic carboxylic acids is 1. The van der Waals surface area contributed by atoms with Crippen LogP contribution in [0.4, 0.5) is 0 Å². The molecule has 7 heteroatoms. The number of rotatable bonds is 6. The molecule has 0 aliphatic heterocycles. The zero-order valence-electron chi connectivity index (χ0n) is 10.5. The molecular formula is C12H14N4O3. The average molecular weight is 262 g/mol. The van der Waals surface area contributed by atoms with E-state index in [2.05, 4.69) is 15.4 Å². The number of aromatic nitrogens is 4. The maximum Gasteiger partial charge on any atom is 0.327 e. The molecule has 1 aromatic heterocycles. The molecule has 0 amide bonds. The number of ether oxygens (including phenoxy) is 1. The largest absolute Gasteiger partial charge is 0.497 e. The van der Waals surface area contributed by atoms with Gasteiger partial charge in [0, 0.05) is 6.42 Å². The minimum atomic E-state index is -0.987. The summed E-state index contributed by atoms with van der Waals surface area (Å²) in [6, 6.07) is 7.73. The standard InChI is InChI=1S/C12H14N4O3/c1-19-10-5-2-9(3-6-10)4-7-11-13-15-16(14-11)8-12(17)18/h2-3,5-6H,4,7-8H2,1H3,(H,17,18). The van der Waals surface area contributed by atoms with Crippen molar-refractivity contribution >= 4 is 5.97 Å². The highest BCUT2D eigenvalue weighted by Gasteiger charge is 2.06. The maximum atomic E-state index is 10.5. The fourth-order valence-electron chi connectivity index (χ4n) is 1.61. The molecular weight excluding hydrogens is 248 g/mol. The van der Waals surface area contributed by atoms with Gasteiger partial charge in [0.15, 0.2) is 12.4 Å². The predicted octanol–water partition coefficient (Wildman–Crippen LogP) is 0.551. The second kappa shape index (κ2) is 5.94. The number of carboxylic acids is 1. The maximum absolute atomic E-state index is 10.5. The first-order chi connectivity index (χ1) is 9.17. The highest BCUT2D eigenvalue weighted by Crippen LogP contribution is 2.12. The molecule has 19 heavy (non-hydrogen) atoms. The van der Waals surface area contributed by atoms with Crippen LogP contribution in [-0.4, -0.2) is 38.4 Å². The fraction of sp³-hybridized carbons (Fsp3) is 0.333. The van der Waals surface area contributed by atoms with E-state index in [0.717, 1.165) is 22.5 Å². The van der Waals surface area contributed by atoms with Crippen LogP contribution in [0.1, 0.15) is 11.4 Å². The van der Waals surface area contributed by atoms with Gasteiger partial charge in [-0.2, -0.15) is 4.80 Å². The van der Waals surface area contributed by atoms with Crippen molar-refractivity contribution < 1.29 is 14.6 Å². The molecule has 0 radical (unpaired) electrons. The van der Waals surface area contributed by atoms with Gasteiger partial charge < -0.3 is 9.84 Å². The molecule has 7 nitrogen and oxygen atoms in total. The number of carboxylic acid groups (broad SMARTS) is 1. The van der Waals surface area contributed by atoms with E-state index >= 15 is 0 Å². The molecule has 0 aliphatic carbocycles. The molecule has 1 N–H and O–H groups in total. The number of hydrogen-bond donors (Lipinski definition) is 1. The third-order valence-corrected chi connectivity index (χ3v) is 2.57. The number of hydrogen-bond acceptors (Lipinski definition) is 5. The lowest BCUT2D eigenvalue weighted by Crippen LogP contribution is -2.11. The van der Waals surface area contributed by atoms with E-state index in [1.54, 1.807) is 7.11 Å². The smallest absolute Gasteiger partial charge is 0.327 e. The first kappa shape index (κ1) is 13.0. The van der Waals surface area contributed by atoms with Crippen LogP contribution in [0.5, 0.6) is 5.75 Å². The Hall–Kier alpha value is -2.44. The summed E-state index contributed by atoms with van der Waals surface area (Å²) in [7, 11) is 1.62. The molecule has 1 heterocycles. The number of benzene rings is 1. The Kier molecular flexibility index (Phi) is 4.07. The summed E-state index contributed by atoms with van der Waals surface area (Å²) in [5.41, 5.74) is 1.13. The Morgan fingerprint density at radius 1 is 1.32 bits per heavy atom. The Morgan fingerprint density at radius 3 is 2.68 bits per heavy atom. The second-order valence-corrected chi connectivity index (χ2v) is 3.98. The van der Waals surface area contributed by atoms with Gasteiger partial charge in [-0.1, -0.05) is 12.1 Å². The van der Waals surface area contributed by atoms with Crippen molar-refractivity contribution in [2.45, 2.75) is 19.4 Å². The van der Waals surface area contributed by atoms with Crippen LogP contribution < -0.4 is 4.74 Å². The summed E-state index contributed by atoms with van der Waals surface area (Å²) in [5, 5.41) is 20.1. The lowest BCUT2D eigenvalue weighted by molar-refractivity contribution is -0.138. The highest BCUT2D eigenvalue weighted by molar-refractivity contribution is 5.66. The van der Waals surface area contributed by atoms with Crippen molar-refractivity contribution in [2.24, 2.45) is 0 Å². The van der Waals surface area contributed by atoms with Crippen molar-refractivity contribution in [3.8, 4) is 5.75 Å². The predicted molar refractivity (Wildman–Crippen MR) is 65.9 cm³/mol. The number of tetrazole rings is 1. The van der Waals surface area contributed by atoms with E-state index < -0.39 is 5.97 Å². The molecule has 1 aromatic carbocycles. The molecule has 2 aromatic rings.